The number of nitrogens with zero attached hydrogens (tertiary/aromatic N) is 3. The van der Waals surface area contributed by atoms with E-state index in [1.807, 2.05) is 0 Å². The third-order valence-electron chi connectivity index (χ3n) is 5.50. The minimum absolute atomic E-state index is 0.201. The van der Waals surface area contributed by atoms with Crippen molar-refractivity contribution in [1.82, 2.24) is 20.2 Å². The van der Waals surface area contributed by atoms with Crippen LogP contribution in [0.2, 0.25) is 0 Å². The summed E-state index contributed by atoms with van der Waals surface area (Å²) < 4.78 is 0. The molecule has 9 heteroatoms. The van der Waals surface area contributed by atoms with Gasteiger partial charge in [-0.25, -0.2) is 4.98 Å². The summed E-state index contributed by atoms with van der Waals surface area (Å²) in [7, 11) is 0. The van der Waals surface area contributed by atoms with E-state index in [-0.39, 0.29) is 36.4 Å². The van der Waals surface area contributed by atoms with E-state index in [9.17, 15) is 19.2 Å². The molecule has 1 unspecified atom stereocenters. The van der Waals surface area contributed by atoms with Crippen LogP contribution in [0.15, 0.2) is 48.8 Å². The van der Waals surface area contributed by atoms with Gasteiger partial charge in [-0.1, -0.05) is 0 Å². The molecule has 0 bridgehead atoms. The van der Waals surface area contributed by atoms with Crippen LogP contribution < -0.4 is 10.6 Å². The van der Waals surface area contributed by atoms with Crippen molar-refractivity contribution in [2.45, 2.75) is 25.4 Å². The summed E-state index contributed by atoms with van der Waals surface area (Å²) in [5.41, 5.74) is 2.66. The highest BCUT2D eigenvalue weighted by atomic mass is 16.2. The number of imide groups is 1. The molecule has 3 aromatic rings. The largest absolute Gasteiger partial charge is 0.322 e. The van der Waals surface area contributed by atoms with Crippen LogP contribution in [0, 0.1) is 0 Å². The Hall–Kier alpha value is -4.14. The number of pyridine rings is 2. The van der Waals surface area contributed by atoms with Crippen molar-refractivity contribution in [3.8, 4) is 0 Å². The van der Waals surface area contributed by atoms with Gasteiger partial charge in [0.1, 0.15) is 11.7 Å². The van der Waals surface area contributed by atoms with Gasteiger partial charge >= 0.3 is 0 Å². The quantitative estimate of drug-likeness (QED) is 0.628. The summed E-state index contributed by atoms with van der Waals surface area (Å²) in [5, 5.41) is 5.92. The van der Waals surface area contributed by atoms with E-state index in [1.54, 1.807) is 48.8 Å². The van der Waals surface area contributed by atoms with Gasteiger partial charge in [-0.05, 0) is 48.4 Å². The van der Waals surface area contributed by atoms with E-state index in [0.29, 0.717) is 28.8 Å². The Labute approximate surface area is 176 Å². The summed E-state index contributed by atoms with van der Waals surface area (Å²) in [6, 6.07) is 9.47. The van der Waals surface area contributed by atoms with Crippen molar-refractivity contribution in [2.24, 2.45) is 0 Å². The van der Waals surface area contributed by atoms with E-state index in [1.165, 1.54) is 4.90 Å². The first-order valence-corrected chi connectivity index (χ1v) is 9.79. The zero-order valence-corrected chi connectivity index (χ0v) is 16.3. The van der Waals surface area contributed by atoms with Crippen LogP contribution in [-0.2, 0) is 16.1 Å². The number of piperidine rings is 1. The molecule has 31 heavy (non-hydrogen) atoms. The molecule has 4 heterocycles. The van der Waals surface area contributed by atoms with E-state index < -0.39 is 11.9 Å². The molecule has 2 aromatic heterocycles. The number of hydrogen-bond donors (Lipinski definition) is 2. The van der Waals surface area contributed by atoms with Gasteiger partial charge in [0.2, 0.25) is 11.8 Å². The van der Waals surface area contributed by atoms with Crippen molar-refractivity contribution in [3.05, 3.63) is 65.6 Å². The first kappa shape index (κ1) is 18.9. The van der Waals surface area contributed by atoms with E-state index in [2.05, 4.69) is 20.6 Å². The number of fused-ring (bicyclic) bond motifs is 2. The Morgan fingerprint density at radius 3 is 2.84 bits per heavy atom. The Bertz CT molecular complexity index is 1270. The Morgan fingerprint density at radius 1 is 1.13 bits per heavy atom. The molecule has 154 valence electrons. The second-order valence-electron chi connectivity index (χ2n) is 7.49. The van der Waals surface area contributed by atoms with Crippen LogP contribution in [-0.4, -0.2) is 44.5 Å². The van der Waals surface area contributed by atoms with Crippen LogP contribution in [0.4, 0.5) is 5.69 Å². The SMILES string of the molecule is O=C1CCC(N2Cc3cc(NC(=O)c4ccc5cnccc5n4)ccc3C2=O)C(=O)N1. The number of carbonyl (C=O) groups is 4. The van der Waals surface area contributed by atoms with Crippen molar-refractivity contribution in [3.63, 3.8) is 0 Å². The van der Waals surface area contributed by atoms with E-state index in [0.717, 1.165) is 5.39 Å². The molecule has 0 saturated carbocycles. The van der Waals surface area contributed by atoms with Crippen LogP contribution in [0.5, 0.6) is 0 Å². The molecular formula is C22H17N5O4. The maximum Gasteiger partial charge on any atom is 0.274 e. The normalized spacial score (nSPS) is 18.1. The number of carbonyl (C=O) groups excluding carboxylic acids is 4. The number of rotatable bonds is 3. The number of anilines is 1. The minimum atomic E-state index is -0.674. The zero-order valence-electron chi connectivity index (χ0n) is 16.3. The molecule has 2 aliphatic rings. The molecule has 2 aliphatic heterocycles. The molecule has 9 nitrogen and oxygen atoms in total. The first-order valence-electron chi connectivity index (χ1n) is 9.79. The second kappa shape index (κ2) is 7.28. The van der Waals surface area contributed by atoms with Gasteiger partial charge in [0.15, 0.2) is 0 Å². The summed E-state index contributed by atoms with van der Waals surface area (Å²) in [6.07, 6.45) is 3.79. The van der Waals surface area contributed by atoms with Crippen LogP contribution >= 0.6 is 0 Å². The molecule has 0 aliphatic carbocycles. The zero-order chi connectivity index (χ0) is 21.5. The molecule has 1 atom stereocenters. The Balaban J connectivity index is 1.34. The van der Waals surface area contributed by atoms with Crippen molar-refractivity contribution in [2.75, 3.05) is 5.32 Å². The van der Waals surface area contributed by atoms with Crippen molar-refractivity contribution in [1.29, 1.82) is 0 Å². The van der Waals surface area contributed by atoms with Gasteiger partial charge in [-0.2, -0.15) is 0 Å². The van der Waals surface area contributed by atoms with Gasteiger partial charge in [0.05, 0.1) is 5.52 Å². The minimum Gasteiger partial charge on any atom is -0.322 e. The molecule has 1 aromatic carbocycles. The highest BCUT2D eigenvalue weighted by Gasteiger charge is 2.39. The van der Waals surface area contributed by atoms with Gasteiger partial charge in [0.25, 0.3) is 11.8 Å². The van der Waals surface area contributed by atoms with E-state index >= 15 is 0 Å². The topological polar surface area (TPSA) is 121 Å². The molecule has 4 amide bonds. The van der Waals surface area contributed by atoms with Gasteiger partial charge in [-0.3, -0.25) is 29.5 Å². The fourth-order valence-corrected chi connectivity index (χ4v) is 3.94. The van der Waals surface area contributed by atoms with Crippen molar-refractivity contribution < 1.29 is 19.2 Å². The van der Waals surface area contributed by atoms with Gasteiger partial charge in [0, 0.05) is 42.0 Å². The molecule has 0 radical (unpaired) electrons. The smallest absolute Gasteiger partial charge is 0.274 e. The first-order chi connectivity index (χ1) is 15.0. The lowest BCUT2D eigenvalue weighted by Crippen LogP contribution is -2.52. The summed E-state index contributed by atoms with van der Waals surface area (Å²) in [6.45, 7) is 0.241. The number of benzene rings is 1. The van der Waals surface area contributed by atoms with Crippen molar-refractivity contribution >= 4 is 40.2 Å². The van der Waals surface area contributed by atoms with Crippen LogP contribution in [0.3, 0.4) is 0 Å². The fraction of sp³-hybridized carbons (Fsp3) is 0.182. The van der Waals surface area contributed by atoms with E-state index in [4.69, 9.17) is 0 Å². The summed E-state index contributed by atoms with van der Waals surface area (Å²) in [4.78, 5) is 58.8. The van der Waals surface area contributed by atoms with Gasteiger partial charge in [-0.15, -0.1) is 0 Å². The predicted molar refractivity (Wildman–Crippen MR) is 110 cm³/mol. The van der Waals surface area contributed by atoms with Crippen LogP contribution in [0.1, 0.15) is 39.3 Å². The fourth-order valence-electron chi connectivity index (χ4n) is 3.94. The second-order valence-corrected chi connectivity index (χ2v) is 7.49. The summed E-state index contributed by atoms with van der Waals surface area (Å²) in [5.74, 6) is -1.41. The maximum absolute atomic E-state index is 12.8. The van der Waals surface area contributed by atoms with Crippen LogP contribution in [0.25, 0.3) is 10.9 Å². The number of amides is 4. The third-order valence-corrected chi connectivity index (χ3v) is 5.50. The Kier molecular flexibility index (Phi) is 4.43. The Morgan fingerprint density at radius 2 is 2.00 bits per heavy atom. The van der Waals surface area contributed by atoms with Gasteiger partial charge < -0.3 is 10.2 Å². The third kappa shape index (κ3) is 3.39. The highest BCUT2D eigenvalue weighted by molar-refractivity contribution is 6.07. The number of nitrogens with one attached hydrogen (secondary N) is 2. The lowest BCUT2D eigenvalue weighted by molar-refractivity contribution is -0.136. The molecule has 5 rings (SSSR count). The molecule has 1 saturated heterocycles. The number of aromatic nitrogens is 2. The monoisotopic (exact) mass is 415 g/mol. The lowest BCUT2D eigenvalue weighted by Gasteiger charge is -2.29. The predicted octanol–water partition coefficient (Wildman–Crippen LogP) is 1.64. The molecule has 1 fully saturated rings. The summed E-state index contributed by atoms with van der Waals surface area (Å²) >= 11 is 0. The molecule has 0 spiro atoms. The average Bonchev–Trinajstić information content (AvgIpc) is 3.09. The lowest BCUT2D eigenvalue weighted by atomic mass is 10.0. The standard InChI is InChI=1S/C22H17N5O4/c28-19-6-5-18(21(30)26-19)27-11-13-9-14(2-3-15(13)22(27)31)24-20(29)17-4-1-12-10-23-8-7-16(12)25-17/h1-4,7-10,18H,5-6,11H2,(H,24,29)(H,26,28,30). The maximum atomic E-state index is 12.8. The average molecular weight is 415 g/mol. The molecular weight excluding hydrogens is 398 g/mol. The molecule has 2 N–H and O–H groups in total. The highest BCUT2D eigenvalue weighted by Crippen LogP contribution is 2.29. The number of hydrogen-bond acceptors (Lipinski definition) is 6.